The fraction of sp³-hybridized carbons (Fsp3) is 0.333. The highest BCUT2D eigenvalue weighted by molar-refractivity contribution is 7.89. The molecule has 7 heteroatoms. The van der Waals surface area contributed by atoms with E-state index in [-0.39, 0.29) is 5.91 Å². The van der Waals surface area contributed by atoms with Gasteiger partial charge in [-0.25, -0.2) is 13.6 Å². The molecule has 6 nitrogen and oxygen atoms in total. The van der Waals surface area contributed by atoms with E-state index in [1.165, 1.54) is 0 Å². The highest BCUT2D eigenvalue weighted by Gasteiger charge is 2.21. The molecule has 0 saturated carbocycles. The predicted octanol–water partition coefficient (Wildman–Crippen LogP) is 1.88. The third-order valence-electron chi connectivity index (χ3n) is 4.64. The summed E-state index contributed by atoms with van der Waals surface area (Å²) in [6, 6.07) is 7.91. The fourth-order valence-corrected chi connectivity index (χ4v) is 3.47. The molecule has 1 aromatic carbocycles. The van der Waals surface area contributed by atoms with Gasteiger partial charge in [-0.3, -0.25) is 9.78 Å². The number of hydrogen-bond acceptors (Lipinski definition) is 4. The summed E-state index contributed by atoms with van der Waals surface area (Å²) in [5.74, 6) is 0.126. The maximum atomic E-state index is 11.8. The van der Waals surface area contributed by atoms with Crippen LogP contribution < -0.4 is 10.0 Å². The SMILES string of the molecule is CC(Cc1cncc(-c2ccc3c(c2)CCC(=O)N3C)c1)S(N)(=O)=O. The molecule has 2 N–H and O–H groups in total. The van der Waals surface area contributed by atoms with Gasteiger partial charge in [0.05, 0.1) is 5.25 Å². The maximum Gasteiger partial charge on any atom is 0.227 e. The second-order valence-corrected chi connectivity index (χ2v) is 8.46. The molecule has 1 aliphatic heterocycles. The van der Waals surface area contributed by atoms with Gasteiger partial charge < -0.3 is 4.90 Å². The highest BCUT2D eigenvalue weighted by atomic mass is 32.2. The van der Waals surface area contributed by atoms with Crippen molar-refractivity contribution >= 4 is 21.6 Å². The summed E-state index contributed by atoms with van der Waals surface area (Å²) in [5.41, 5.74) is 4.81. The number of primary sulfonamides is 1. The van der Waals surface area contributed by atoms with Crippen molar-refractivity contribution in [3.05, 3.63) is 47.8 Å². The van der Waals surface area contributed by atoms with Crippen molar-refractivity contribution in [3.8, 4) is 11.1 Å². The number of rotatable bonds is 4. The first kappa shape index (κ1) is 17.6. The van der Waals surface area contributed by atoms with Gasteiger partial charge in [-0.1, -0.05) is 6.07 Å². The molecule has 0 fully saturated rings. The van der Waals surface area contributed by atoms with Crippen molar-refractivity contribution in [2.75, 3.05) is 11.9 Å². The number of fused-ring (bicyclic) bond motifs is 1. The van der Waals surface area contributed by atoms with Gasteiger partial charge in [0.2, 0.25) is 15.9 Å². The zero-order valence-electron chi connectivity index (χ0n) is 14.3. The van der Waals surface area contributed by atoms with E-state index in [1.54, 1.807) is 31.3 Å². The van der Waals surface area contributed by atoms with E-state index in [2.05, 4.69) is 11.1 Å². The van der Waals surface area contributed by atoms with Crippen LogP contribution in [0, 0.1) is 0 Å². The Morgan fingerprint density at radius 3 is 2.68 bits per heavy atom. The number of aryl methyl sites for hydroxylation is 1. The number of sulfonamides is 1. The molecule has 3 rings (SSSR count). The molecule has 1 aliphatic rings. The summed E-state index contributed by atoms with van der Waals surface area (Å²) in [4.78, 5) is 17.7. The number of aromatic nitrogens is 1. The van der Waals surface area contributed by atoms with Gasteiger partial charge in [0.25, 0.3) is 0 Å². The van der Waals surface area contributed by atoms with Crippen LogP contribution in [0.4, 0.5) is 5.69 Å². The molecular weight excluding hydrogens is 338 g/mol. The summed E-state index contributed by atoms with van der Waals surface area (Å²) >= 11 is 0. The molecule has 0 spiro atoms. The Morgan fingerprint density at radius 2 is 1.96 bits per heavy atom. The third-order valence-corrected chi connectivity index (χ3v) is 5.92. The van der Waals surface area contributed by atoms with Crippen LogP contribution in [0.1, 0.15) is 24.5 Å². The minimum absolute atomic E-state index is 0.126. The molecule has 2 aromatic rings. The summed E-state index contributed by atoms with van der Waals surface area (Å²) in [7, 11) is -1.78. The maximum absolute atomic E-state index is 11.8. The van der Waals surface area contributed by atoms with Crippen LogP contribution >= 0.6 is 0 Å². The molecule has 1 atom stereocenters. The first-order chi connectivity index (χ1) is 11.8. The summed E-state index contributed by atoms with van der Waals surface area (Å²) in [6.45, 7) is 1.59. The predicted molar refractivity (Wildman–Crippen MR) is 97.7 cm³/mol. The molecule has 1 amide bonds. The normalized spacial score (nSPS) is 15.8. The Hall–Kier alpha value is -2.25. The quantitative estimate of drug-likeness (QED) is 0.902. The number of amides is 1. The van der Waals surface area contributed by atoms with E-state index in [0.29, 0.717) is 12.8 Å². The van der Waals surface area contributed by atoms with Crippen LogP contribution in [-0.4, -0.2) is 31.6 Å². The minimum atomic E-state index is -3.57. The molecule has 2 heterocycles. The Bertz CT molecular complexity index is 925. The third kappa shape index (κ3) is 3.72. The number of nitrogens with two attached hydrogens (primary N) is 1. The molecule has 1 aromatic heterocycles. The molecule has 0 saturated heterocycles. The lowest BCUT2D eigenvalue weighted by atomic mass is 9.96. The van der Waals surface area contributed by atoms with E-state index in [1.807, 2.05) is 18.2 Å². The molecule has 0 aliphatic carbocycles. The van der Waals surface area contributed by atoms with Gasteiger partial charge in [-0.15, -0.1) is 0 Å². The van der Waals surface area contributed by atoms with Crippen LogP contribution in [-0.2, 0) is 27.7 Å². The molecule has 132 valence electrons. The number of hydrogen-bond donors (Lipinski definition) is 1. The van der Waals surface area contributed by atoms with Gasteiger partial charge in [-0.2, -0.15) is 0 Å². The van der Waals surface area contributed by atoms with Crippen LogP contribution in [0.2, 0.25) is 0 Å². The second kappa shape index (κ2) is 6.57. The van der Waals surface area contributed by atoms with Gasteiger partial charge in [-0.05, 0) is 54.7 Å². The van der Waals surface area contributed by atoms with E-state index >= 15 is 0 Å². The van der Waals surface area contributed by atoms with Crippen LogP contribution in [0.25, 0.3) is 11.1 Å². The highest BCUT2D eigenvalue weighted by Crippen LogP contribution is 2.31. The number of nitrogens with zero attached hydrogens (tertiary/aromatic N) is 2. The lowest BCUT2D eigenvalue weighted by Crippen LogP contribution is -2.30. The van der Waals surface area contributed by atoms with Crippen molar-refractivity contribution in [1.82, 2.24) is 4.98 Å². The fourth-order valence-electron chi connectivity index (χ4n) is 3.04. The zero-order chi connectivity index (χ0) is 18.2. The Morgan fingerprint density at radius 1 is 1.20 bits per heavy atom. The van der Waals surface area contributed by atoms with Gasteiger partial charge in [0.1, 0.15) is 0 Å². The number of carbonyl (C=O) groups is 1. The second-order valence-electron chi connectivity index (χ2n) is 6.48. The van der Waals surface area contributed by atoms with Crippen molar-refractivity contribution in [2.45, 2.75) is 31.4 Å². The van der Waals surface area contributed by atoms with Crippen LogP contribution in [0.5, 0.6) is 0 Å². The van der Waals surface area contributed by atoms with Crippen molar-refractivity contribution in [2.24, 2.45) is 5.14 Å². The van der Waals surface area contributed by atoms with Gasteiger partial charge in [0.15, 0.2) is 0 Å². The zero-order valence-corrected chi connectivity index (χ0v) is 15.1. The van der Waals surface area contributed by atoms with Crippen LogP contribution in [0.15, 0.2) is 36.7 Å². The topological polar surface area (TPSA) is 93.4 Å². The molecule has 1 unspecified atom stereocenters. The minimum Gasteiger partial charge on any atom is -0.315 e. The number of carbonyl (C=O) groups excluding carboxylic acids is 1. The first-order valence-electron chi connectivity index (χ1n) is 8.11. The van der Waals surface area contributed by atoms with Gasteiger partial charge in [0, 0.05) is 37.1 Å². The van der Waals surface area contributed by atoms with E-state index in [9.17, 15) is 13.2 Å². The molecule has 0 bridgehead atoms. The Labute approximate surface area is 147 Å². The standard InChI is InChI=1S/C18H21N3O3S/c1-12(25(19,23)24)7-13-8-16(11-20-10-13)14-3-5-17-15(9-14)4-6-18(22)21(17)2/h3,5,8-12H,4,6-7H2,1-2H3,(H2,19,23,24). The lowest BCUT2D eigenvalue weighted by molar-refractivity contribution is -0.118. The Balaban J connectivity index is 1.90. The number of pyridine rings is 1. The smallest absolute Gasteiger partial charge is 0.227 e. The Kier molecular flexibility index (Phi) is 4.62. The van der Waals surface area contributed by atoms with Crippen molar-refractivity contribution in [3.63, 3.8) is 0 Å². The average molecular weight is 359 g/mol. The summed E-state index contributed by atoms with van der Waals surface area (Å²) in [5, 5.41) is 4.54. The van der Waals surface area contributed by atoms with E-state index in [0.717, 1.165) is 34.4 Å². The van der Waals surface area contributed by atoms with Crippen molar-refractivity contribution < 1.29 is 13.2 Å². The van der Waals surface area contributed by atoms with E-state index in [4.69, 9.17) is 5.14 Å². The van der Waals surface area contributed by atoms with Crippen LogP contribution in [0.3, 0.4) is 0 Å². The molecule has 0 radical (unpaired) electrons. The number of anilines is 1. The number of benzene rings is 1. The average Bonchev–Trinajstić information content (AvgIpc) is 2.57. The lowest BCUT2D eigenvalue weighted by Gasteiger charge is -2.26. The van der Waals surface area contributed by atoms with Crippen molar-refractivity contribution in [1.29, 1.82) is 0 Å². The van der Waals surface area contributed by atoms with E-state index < -0.39 is 15.3 Å². The summed E-state index contributed by atoms with van der Waals surface area (Å²) < 4.78 is 22.9. The molecular formula is C18H21N3O3S. The molecule has 25 heavy (non-hydrogen) atoms. The monoisotopic (exact) mass is 359 g/mol. The summed E-state index contributed by atoms with van der Waals surface area (Å²) in [6.07, 6.45) is 4.97. The first-order valence-corrected chi connectivity index (χ1v) is 9.72. The van der Waals surface area contributed by atoms with Gasteiger partial charge >= 0.3 is 0 Å². The largest absolute Gasteiger partial charge is 0.315 e.